The maximum absolute atomic E-state index is 13.3. The summed E-state index contributed by atoms with van der Waals surface area (Å²) in [5.74, 6) is 0.102. The summed E-state index contributed by atoms with van der Waals surface area (Å²) >= 11 is 0. The minimum atomic E-state index is -0.309. The second-order valence-electron chi connectivity index (χ2n) is 8.32. The number of hydrogen-bond acceptors (Lipinski definition) is 6. The number of rotatable bonds is 5. The van der Waals surface area contributed by atoms with Gasteiger partial charge in [-0.05, 0) is 55.1 Å². The number of halogens is 1. The standard InChI is InChI=1S/C25H25FN6O/c1-30-12-14-31(15-13-30)22-9-7-21(8-10-22)28-25-27-16-19-4-11-23(33)32(24(19)29-25)17-18-2-5-20(26)6-3-18/h2-11,16H,12-15,17H2,1H3,(H,27,28,29). The Morgan fingerprint density at radius 3 is 2.39 bits per heavy atom. The Bertz CT molecular complexity index is 1310. The average Bonchev–Trinajstić information content (AvgIpc) is 2.83. The zero-order valence-electron chi connectivity index (χ0n) is 18.4. The van der Waals surface area contributed by atoms with Crippen LogP contribution < -0.4 is 15.8 Å². The maximum atomic E-state index is 13.3. The molecule has 8 heteroatoms. The van der Waals surface area contributed by atoms with Crippen LogP contribution in [0, 0.1) is 5.82 Å². The molecule has 1 aliphatic rings. The Hall–Kier alpha value is -3.78. The molecule has 2 aromatic heterocycles. The third-order valence-corrected chi connectivity index (χ3v) is 5.97. The first-order valence-corrected chi connectivity index (χ1v) is 11.0. The topological polar surface area (TPSA) is 66.3 Å². The van der Waals surface area contributed by atoms with Crippen molar-refractivity contribution >= 4 is 28.4 Å². The van der Waals surface area contributed by atoms with Crippen LogP contribution in [0.15, 0.2) is 71.7 Å². The van der Waals surface area contributed by atoms with Gasteiger partial charge in [-0.3, -0.25) is 9.36 Å². The van der Waals surface area contributed by atoms with E-state index in [9.17, 15) is 9.18 Å². The number of likely N-dealkylation sites (N-methyl/N-ethyl adjacent to an activating group) is 1. The molecule has 0 unspecified atom stereocenters. The molecule has 4 aromatic rings. The van der Waals surface area contributed by atoms with Crippen LogP contribution in [0.5, 0.6) is 0 Å². The number of hydrogen-bond donors (Lipinski definition) is 1. The fourth-order valence-electron chi connectivity index (χ4n) is 4.01. The van der Waals surface area contributed by atoms with Crippen molar-refractivity contribution in [2.75, 3.05) is 43.4 Å². The number of anilines is 3. The van der Waals surface area contributed by atoms with Crippen molar-refractivity contribution in [2.45, 2.75) is 6.54 Å². The minimum absolute atomic E-state index is 0.173. The van der Waals surface area contributed by atoms with Crippen LogP contribution in [-0.4, -0.2) is 52.7 Å². The van der Waals surface area contributed by atoms with Crippen molar-refractivity contribution in [3.05, 3.63) is 88.6 Å². The van der Waals surface area contributed by atoms with Gasteiger partial charge < -0.3 is 15.1 Å². The van der Waals surface area contributed by atoms with Gasteiger partial charge in [0.05, 0.1) is 6.54 Å². The molecular formula is C25H25FN6O. The Morgan fingerprint density at radius 1 is 0.939 bits per heavy atom. The second-order valence-corrected chi connectivity index (χ2v) is 8.32. The van der Waals surface area contributed by atoms with Gasteiger partial charge in [0.1, 0.15) is 11.5 Å². The highest BCUT2D eigenvalue weighted by Crippen LogP contribution is 2.22. The van der Waals surface area contributed by atoms with Crippen molar-refractivity contribution < 1.29 is 4.39 Å². The van der Waals surface area contributed by atoms with Gasteiger partial charge in [-0.15, -0.1) is 0 Å². The highest BCUT2D eigenvalue weighted by atomic mass is 19.1. The molecule has 1 fully saturated rings. The molecule has 5 rings (SSSR count). The number of nitrogens with one attached hydrogen (secondary N) is 1. The number of benzene rings is 2. The highest BCUT2D eigenvalue weighted by Gasteiger charge is 2.14. The summed E-state index contributed by atoms with van der Waals surface area (Å²) < 4.78 is 14.8. The molecule has 1 saturated heterocycles. The van der Waals surface area contributed by atoms with E-state index in [1.165, 1.54) is 23.9 Å². The molecule has 0 aliphatic carbocycles. The molecular weight excluding hydrogens is 419 g/mol. The molecule has 7 nitrogen and oxygen atoms in total. The van der Waals surface area contributed by atoms with Gasteiger partial charge in [0.15, 0.2) is 0 Å². The number of piperazine rings is 1. The van der Waals surface area contributed by atoms with Crippen LogP contribution in [0.3, 0.4) is 0 Å². The summed E-state index contributed by atoms with van der Waals surface area (Å²) in [4.78, 5) is 26.3. The number of fused-ring (bicyclic) bond motifs is 1. The summed E-state index contributed by atoms with van der Waals surface area (Å²) in [7, 11) is 2.15. The predicted octanol–water partition coefficient (Wildman–Crippen LogP) is 3.47. The first-order chi connectivity index (χ1) is 16.0. The molecule has 0 radical (unpaired) electrons. The van der Waals surface area contributed by atoms with Gasteiger partial charge in [0, 0.05) is 55.2 Å². The SMILES string of the molecule is CN1CCN(c2ccc(Nc3ncc4ccc(=O)n(Cc5ccc(F)cc5)c4n3)cc2)CC1. The molecule has 168 valence electrons. The summed E-state index contributed by atoms with van der Waals surface area (Å²) in [6.45, 7) is 4.45. The van der Waals surface area contributed by atoms with E-state index < -0.39 is 0 Å². The minimum Gasteiger partial charge on any atom is -0.369 e. The average molecular weight is 445 g/mol. The van der Waals surface area contributed by atoms with Crippen LogP contribution in [0.4, 0.5) is 21.7 Å². The zero-order valence-corrected chi connectivity index (χ0v) is 18.4. The van der Waals surface area contributed by atoms with E-state index in [-0.39, 0.29) is 11.4 Å². The Morgan fingerprint density at radius 2 is 1.67 bits per heavy atom. The smallest absolute Gasteiger partial charge is 0.252 e. The molecule has 33 heavy (non-hydrogen) atoms. The van der Waals surface area contributed by atoms with Gasteiger partial charge in [-0.2, -0.15) is 4.98 Å². The molecule has 0 amide bonds. The summed E-state index contributed by atoms with van der Waals surface area (Å²) in [6, 6.07) is 17.5. The summed E-state index contributed by atoms with van der Waals surface area (Å²) in [5, 5.41) is 3.99. The lowest BCUT2D eigenvalue weighted by atomic mass is 10.2. The first-order valence-electron chi connectivity index (χ1n) is 11.0. The monoisotopic (exact) mass is 444 g/mol. The first kappa shape index (κ1) is 21.1. The Kier molecular flexibility index (Phi) is 5.75. The van der Waals surface area contributed by atoms with Crippen LogP contribution in [0.25, 0.3) is 11.0 Å². The summed E-state index contributed by atoms with van der Waals surface area (Å²) in [6.07, 6.45) is 1.70. The molecule has 0 atom stereocenters. The lowest BCUT2D eigenvalue weighted by molar-refractivity contribution is 0.313. The molecule has 1 aliphatic heterocycles. The maximum Gasteiger partial charge on any atom is 0.252 e. The molecule has 2 aromatic carbocycles. The van der Waals surface area contributed by atoms with Crippen molar-refractivity contribution in [1.29, 1.82) is 0 Å². The van der Waals surface area contributed by atoms with Crippen LogP contribution >= 0.6 is 0 Å². The van der Waals surface area contributed by atoms with E-state index in [4.69, 9.17) is 0 Å². The highest BCUT2D eigenvalue weighted by molar-refractivity contribution is 5.76. The normalized spacial score (nSPS) is 14.5. The molecule has 0 spiro atoms. The number of nitrogens with zero attached hydrogens (tertiary/aromatic N) is 5. The quantitative estimate of drug-likeness (QED) is 0.509. The van der Waals surface area contributed by atoms with E-state index in [0.29, 0.717) is 18.1 Å². The van der Waals surface area contributed by atoms with E-state index in [1.807, 2.05) is 12.1 Å². The second kappa shape index (κ2) is 8.99. The molecule has 3 heterocycles. The van der Waals surface area contributed by atoms with Crippen LogP contribution in [0.1, 0.15) is 5.56 Å². The largest absolute Gasteiger partial charge is 0.369 e. The molecule has 1 N–H and O–H groups in total. The summed E-state index contributed by atoms with van der Waals surface area (Å²) in [5.41, 5.74) is 3.24. The molecule has 0 saturated carbocycles. The number of pyridine rings is 1. The fourth-order valence-corrected chi connectivity index (χ4v) is 4.01. The van der Waals surface area contributed by atoms with Crippen LogP contribution in [0.2, 0.25) is 0 Å². The van der Waals surface area contributed by atoms with Gasteiger partial charge in [0.2, 0.25) is 5.95 Å². The van der Waals surface area contributed by atoms with E-state index in [2.05, 4.69) is 44.3 Å². The van der Waals surface area contributed by atoms with Crippen molar-refractivity contribution in [3.63, 3.8) is 0 Å². The molecule has 0 bridgehead atoms. The van der Waals surface area contributed by atoms with Gasteiger partial charge in [-0.25, -0.2) is 9.37 Å². The Balaban J connectivity index is 1.38. The Labute approximate surface area is 191 Å². The van der Waals surface area contributed by atoms with Crippen molar-refractivity contribution in [1.82, 2.24) is 19.4 Å². The van der Waals surface area contributed by atoms with Gasteiger partial charge in [-0.1, -0.05) is 12.1 Å². The van der Waals surface area contributed by atoms with Crippen molar-refractivity contribution in [2.24, 2.45) is 0 Å². The van der Waals surface area contributed by atoms with Crippen molar-refractivity contribution in [3.8, 4) is 0 Å². The lowest BCUT2D eigenvalue weighted by Crippen LogP contribution is -2.44. The van der Waals surface area contributed by atoms with E-state index >= 15 is 0 Å². The van der Waals surface area contributed by atoms with Gasteiger partial charge >= 0.3 is 0 Å². The van der Waals surface area contributed by atoms with Gasteiger partial charge in [0.25, 0.3) is 5.56 Å². The predicted molar refractivity (Wildman–Crippen MR) is 129 cm³/mol. The number of aromatic nitrogens is 3. The van der Waals surface area contributed by atoms with E-state index in [1.54, 1.807) is 29.0 Å². The zero-order chi connectivity index (χ0) is 22.8. The third kappa shape index (κ3) is 4.70. The lowest BCUT2D eigenvalue weighted by Gasteiger charge is -2.34. The van der Waals surface area contributed by atoms with Crippen LogP contribution in [-0.2, 0) is 6.54 Å². The van der Waals surface area contributed by atoms with E-state index in [0.717, 1.165) is 42.8 Å². The third-order valence-electron chi connectivity index (χ3n) is 5.97. The fraction of sp³-hybridized carbons (Fsp3) is 0.240.